The third-order valence-corrected chi connectivity index (χ3v) is 2.32. The van der Waals surface area contributed by atoms with Crippen molar-refractivity contribution in [2.45, 2.75) is 32.6 Å². The number of hydrogen-bond acceptors (Lipinski definition) is 2. The lowest BCUT2D eigenvalue weighted by atomic mass is 10.1. The molecular weight excluding hydrogens is 200 g/mol. The van der Waals surface area contributed by atoms with Crippen LogP contribution in [0.3, 0.4) is 0 Å². The van der Waals surface area contributed by atoms with Crippen LogP contribution >= 0.6 is 0 Å². The Labute approximate surface area is 97.1 Å². The lowest BCUT2D eigenvalue weighted by Crippen LogP contribution is -2.10. The Bertz CT molecular complexity index is 319. The van der Waals surface area contributed by atoms with Crippen molar-refractivity contribution in [3.63, 3.8) is 0 Å². The highest BCUT2D eigenvalue weighted by Crippen LogP contribution is 2.13. The molecule has 1 rings (SSSR count). The highest BCUT2D eigenvalue weighted by Gasteiger charge is 1.96. The molecule has 0 unspecified atom stereocenters. The lowest BCUT2D eigenvalue weighted by molar-refractivity contribution is 0.313. The van der Waals surface area contributed by atoms with Crippen LogP contribution in [0.15, 0.2) is 24.3 Å². The summed E-state index contributed by atoms with van der Waals surface area (Å²) in [5.74, 6) is 1.12. The van der Waals surface area contributed by atoms with Crippen molar-refractivity contribution >= 4 is 5.84 Å². The van der Waals surface area contributed by atoms with Gasteiger partial charge in [0, 0.05) is 6.42 Å². The number of nitrogens with two attached hydrogens (primary N) is 1. The summed E-state index contributed by atoms with van der Waals surface area (Å²) in [6, 6.07) is 8.20. The van der Waals surface area contributed by atoms with Gasteiger partial charge >= 0.3 is 0 Å². The molecule has 0 saturated heterocycles. The van der Waals surface area contributed by atoms with E-state index in [-0.39, 0.29) is 5.84 Å². The van der Waals surface area contributed by atoms with Crippen LogP contribution in [0.25, 0.3) is 0 Å². The van der Waals surface area contributed by atoms with Crippen molar-refractivity contribution in [1.82, 2.24) is 0 Å². The standard InChI is InChI=1S/C13H20N2O/c1-2-4-11-6-8-12(9-7-11)16-10-3-5-13(14)15/h6-9H,2-5,10H2,1H3,(H3,14,15). The Balaban J connectivity index is 2.29. The molecule has 0 amide bonds. The highest BCUT2D eigenvalue weighted by molar-refractivity contribution is 5.76. The van der Waals surface area contributed by atoms with E-state index in [1.165, 1.54) is 12.0 Å². The molecule has 0 aromatic heterocycles. The van der Waals surface area contributed by atoms with Gasteiger partial charge in [-0.3, -0.25) is 5.41 Å². The molecule has 0 aliphatic rings. The zero-order chi connectivity index (χ0) is 11.8. The van der Waals surface area contributed by atoms with Gasteiger partial charge in [-0.1, -0.05) is 25.5 Å². The predicted molar refractivity (Wildman–Crippen MR) is 67.1 cm³/mol. The lowest BCUT2D eigenvalue weighted by Gasteiger charge is -2.06. The van der Waals surface area contributed by atoms with Crippen LogP contribution in [0.4, 0.5) is 0 Å². The number of nitrogens with one attached hydrogen (secondary N) is 1. The normalized spacial score (nSPS) is 10.1. The molecule has 0 radical (unpaired) electrons. The second kappa shape index (κ2) is 6.88. The average molecular weight is 220 g/mol. The first-order valence-corrected chi connectivity index (χ1v) is 5.77. The molecule has 0 spiro atoms. The minimum atomic E-state index is 0.224. The second-order valence-corrected chi connectivity index (χ2v) is 3.87. The van der Waals surface area contributed by atoms with Crippen molar-refractivity contribution < 1.29 is 4.74 Å². The smallest absolute Gasteiger partial charge is 0.119 e. The Hall–Kier alpha value is -1.51. The topological polar surface area (TPSA) is 59.1 Å². The molecule has 0 aliphatic heterocycles. The molecule has 0 saturated carbocycles. The van der Waals surface area contributed by atoms with E-state index in [2.05, 4.69) is 19.1 Å². The van der Waals surface area contributed by atoms with Crippen LogP contribution < -0.4 is 10.5 Å². The van der Waals surface area contributed by atoms with E-state index < -0.39 is 0 Å². The molecule has 3 N–H and O–H groups in total. The molecule has 88 valence electrons. The van der Waals surface area contributed by atoms with Gasteiger partial charge in [0.05, 0.1) is 12.4 Å². The first kappa shape index (κ1) is 12.6. The van der Waals surface area contributed by atoms with E-state index in [4.69, 9.17) is 15.9 Å². The molecule has 3 heteroatoms. The Morgan fingerprint density at radius 3 is 2.56 bits per heavy atom. The Kier molecular flexibility index (Phi) is 5.40. The maximum Gasteiger partial charge on any atom is 0.119 e. The molecule has 3 nitrogen and oxygen atoms in total. The van der Waals surface area contributed by atoms with Crippen LogP contribution in [-0.4, -0.2) is 12.4 Å². The van der Waals surface area contributed by atoms with E-state index in [9.17, 15) is 0 Å². The van der Waals surface area contributed by atoms with Gasteiger partial charge in [0.25, 0.3) is 0 Å². The first-order valence-electron chi connectivity index (χ1n) is 5.77. The van der Waals surface area contributed by atoms with Gasteiger partial charge in [0.2, 0.25) is 0 Å². The van der Waals surface area contributed by atoms with Gasteiger partial charge in [-0.2, -0.15) is 0 Å². The second-order valence-electron chi connectivity index (χ2n) is 3.87. The predicted octanol–water partition coefficient (Wildman–Crippen LogP) is 2.73. The number of benzene rings is 1. The van der Waals surface area contributed by atoms with Crippen LogP contribution in [-0.2, 0) is 6.42 Å². The maximum atomic E-state index is 7.07. The number of ether oxygens (including phenoxy) is 1. The minimum Gasteiger partial charge on any atom is -0.494 e. The SMILES string of the molecule is CCCc1ccc(OCCCC(=N)N)cc1. The summed E-state index contributed by atoms with van der Waals surface area (Å²) in [7, 11) is 0. The van der Waals surface area contributed by atoms with Crippen LogP contribution in [0.1, 0.15) is 31.7 Å². The van der Waals surface area contributed by atoms with Crippen molar-refractivity contribution in [3.05, 3.63) is 29.8 Å². The van der Waals surface area contributed by atoms with Gasteiger partial charge in [0.15, 0.2) is 0 Å². The summed E-state index contributed by atoms with van der Waals surface area (Å²) >= 11 is 0. The summed E-state index contributed by atoms with van der Waals surface area (Å²) in [6.45, 7) is 2.79. The molecule has 0 fully saturated rings. The third-order valence-electron chi connectivity index (χ3n) is 2.32. The summed E-state index contributed by atoms with van der Waals surface area (Å²) < 4.78 is 5.54. The van der Waals surface area contributed by atoms with Crippen molar-refractivity contribution in [2.24, 2.45) is 5.73 Å². The average Bonchev–Trinajstić information content (AvgIpc) is 2.27. The van der Waals surface area contributed by atoms with Gasteiger partial charge in [-0.05, 0) is 30.5 Å². The molecule has 0 heterocycles. The zero-order valence-corrected chi connectivity index (χ0v) is 9.83. The number of amidine groups is 1. The monoisotopic (exact) mass is 220 g/mol. The van der Waals surface area contributed by atoms with Crippen molar-refractivity contribution in [3.8, 4) is 5.75 Å². The molecule has 16 heavy (non-hydrogen) atoms. The van der Waals surface area contributed by atoms with Crippen molar-refractivity contribution in [1.29, 1.82) is 5.41 Å². The van der Waals surface area contributed by atoms with E-state index >= 15 is 0 Å². The number of hydrogen-bond donors (Lipinski definition) is 2. The first-order chi connectivity index (χ1) is 7.72. The summed E-state index contributed by atoms with van der Waals surface area (Å²) in [5, 5.41) is 7.07. The summed E-state index contributed by atoms with van der Waals surface area (Å²) in [4.78, 5) is 0. The molecule has 0 aliphatic carbocycles. The quantitative estimate of drug-likeness (QED) is 0.421. The fraction of sp³-hybridized carbons (Fsp3) is 0.462. The number of rotatable bonds is 7. The Morgan fingerprint density at radius 2 is 2.00 bits per heavy atom. The minimum absolute atomic E-state index is 0.224. The summed E-state index contributed by atoms with van der Waals surface area (Å²) in [6.07, 6.45) is 3.68. The van der Waals surface area contributed by atoms with E-state index in [1.54, 1.807) is 0 Å². The van der Waals surface area contributed by atoms with Gasteiger partial charge in [-0.25, -0.2) is 0 Å². The highest BCUT2D eigenvalue weighted by atomic mass is 16.5. The molecule has 0 atom stereocenters. The van der Waals surface area contributed by atoms with Crippen LogP contribution in [0.5, 0.6) is 5.75 Å². The number of aryl methyl sites for hydroxylation is 1. The largest absolute Gasteiger partial charge is 0.494 e. The van der Waals surface area contributed by atoms with Crippen LogP contribution in [0.2, 0.25) is 0 Å². The Morgan fingerprint density at radius 1 is 1.31 bits per heavy atom. The molecular formula is C13H20N2O. The maximum absolute atomic E-state index is 7.07. The zero-order valence-electron chi connectivity index (χ0n) is 9.83. The summed E-state index contributed by atoms with van der Waals surface area (Å²) in [5.41, 5.74) is 6.60. The van der Waals surface area contributed by atoms with Gasteiger partial charge < -0.3 is 10.5 Å². The fourth-order valence-electron chi connectivity index (χ4n) is 1.49. The van der Waals surface area contributed by atoms with E-state index in [1.807, 2.05) is 12.1 Å². The third kappa shape index (κ3) is 4.82. The fourth-order valence-corrected chi connectivity index (χ4v) is 1.49. The van der Waals surface area contributed by atoms with Crippen molar-refractivity contribution in [2.75, 3.05) is 6.61 Å². The van der Waals surface area contributed by atoms with Gasteiger partial charge in [0.1, 0.15) is 5.75 Å². The molecule has 1 aromatic rings. The molecule has 0 bridgehead atoms. The van der Waals surface area contributed by atoms with E-state index in [0.717, 1.165) is 18.6 Å². The van der Waals surface area contributed by atoms with E-state index in [0.29, 0.717) is 13.0 Å². The van der Waals surface area contributed by atoms with Gasteiger partial charge in [-0.15, -0.1) is 0 Å². The van der Waals surface area contributed by atoms with Crippen LogP contribution in [0, 0.1) is 5.41 Å². The molecule has 1 aromatic carbocycles.